The number of benzene rings is 2. The molecule has 0 unspecified atom stereocenters. The molecular formula is C23H31N3O. The van der Waals surface area contributed by atoms with E-state index in [1.54, 1.807) is 0 Å². The molecule has 0 saturated carbocycles. The normalized spacial score (nSPS) is 15.3. The van der Waals surface area contributed by atoms with Crippen LogP contribution >= 0.6 is 0 Å². The standard InChI is InChI=1S/C23H31N3O/c1-17(2)23(27)24-15-22(19-9-11-21(12-10-19)25(3)4)26-14-13-18-7-5-6-8-20(18)16-26/h5-12,17,22H,13-16H2,1-4H3,(H,24,27)/t22-/m0/s1. The first-order valence-electron chi connectivity index (χ1n) is 9.81. The van der Waals surface area contributed by atoms with Crippen LogP contribution in [0.2, 0.25) is 0 Å². The number of fused-ring (bicyclic) bond motifs is 1. The summed E-state index contributed by atoms with van der Waals surface area (Å²) in [5, 5.41) is 3.15. The molecule has 1 aliphatic rings. The number of anilines is 1. The summed E-state index contributed by atoms with van der Waals surface area (Å²) in [6, 6.07) is 17.6. The fourth-order valence-electron chi connectivity index (χ4n) is 3.64. The summed E-state index contributed by atoms with van der Waals surface area (Å²) in [6.45, 7) is 6.45. The third-order valence-electron chi connectivity index (χ3n) is 5.39. The van der Waals surface area contributed by atoms with E-state index >= 15 is 0 Å². The average molecular weight is 366 g/mol. The van der Waals surface area contributed by atoms with Crippen LogP contribution in [0, 0.1) is 5.92 Å². The number of amides is 1. The first-order chi connectivity index (χ1) is 13.0. The van der Waals surface area contributed by atoms with Crippen molar-refractivity contribution in [2.75, 3.05) is 32.1 Å². The first-order valence-corrected chi connectivity index (χ1v) is 9.81. The zero-order valence-electron chi connectivity index (χ0n) is 16.9. The number of hydrogen-bond donors (Lipinski definition) is 1. The van der Waals surface area contributed by atoms with Crippen LogP contribution in [-0.4, -0.2) is 38.0 Å². The second kappa shape index (κ2) is 8.57. The van der Waals surface area contributed by atoms with Crippen molar-refractivity contribution in [2.24, 2.45) is 5.92 Å². The zero-order valence-corrected chi connectivity index (χ0v) is 16.9. The number of nitrogens with one attached hydrogen (secondary N) is 1. The van der Waals surface area contributed by atoms with Gasteiger partial charge < -0.3 is 10.2 Å². The van der Waals surface area contributed by atoms with E-state index < -0.39 is 0 Å². The molecule has 1 amide bonds. The molecule has 0 saturated heterocycles. The average Bonchev–Trinajstić information content (AvgIpc) is 2.68. The largest absolute Gasteiger partial charge is 0.378 e. The zero-order chi connectivity index (χ0) is 19.4. The van der Waals surface area contributed by atoms with Crippen LogP contribution in [0.3, 0.4) is 0 Å². The van der Waals surface area contributed by atoms with Gasteiger partial charge in [-0.25, -0.2) is 0 Å². The molecule has 27 heavy (non-hydrogen) atoms. The van der Waals surface area contributed by atoms with Crippen LogP contribution < -0.4 is 10.2 Å². The third kappa shape index (κ3) is 4.69. The molecule has 0 aromatic heterocycles. The van der Waals surface area contributed by atoms with Gasteiger partial charge in [0.05, 0.1) is 6.04 Å². The third-order valence-corrected chi connectivity index (χ3v) is 5.39. The minimum Gasteiger partial charge on any atom is -0.378 e. The van der Waals surface area contributed by atoms with Crippen LogP contribution in [0.15, 0.2) is 48.5 Å². The van der Waals surface area contributed by atoms with Crippen molar-refractivity contribution >= 4 is 11.6 Å². The number of carbonyl (C=O) groups excluding carboxylic acids is 1. The van der Waals surface area contributed by atoms with E-state index in [1.165, 1.54) is 22.4 Å². The van der Waals surface area contributed by atoms with Gasteiger partial charge in [0.2, 0.25) is 5.91 Å². The van der Waals surface area contributed by atoms with Gasteiger partial charge in [-0.1, -0.05) is 50.2 Å². The molecule has 2 aromatic rings. The smallest absolute Gasteiger partial charge is 0.222 e. The second-order valence-corrected chi connectivity index (χ2v) is 7.89. The monoisotopic (exact) mass is 365 g/mol. The molecule has 3 rings (SSSR count). The SMILES string of the molecule is CC(C)C(=O)NC[C@@H](c1ccc(N(C)C)cc1)N1CCc2ccccc2C1. The lowest BCUT2D eigenvalue weighted by Crippen LogP contribution is -2.41. The van der Waals surface area contributed by atoms with Crippen LogP contribution in [0.4, 0.5) is 5.69 Å². The van der Waals surface area contributed by atoms with Crippen molar-refractivity contribution in [3.8, 4) is 0 Å². The summed E-state index contributed by atoms with van der Waals surface area (Å²) in [5.74, 6) is 0.117. The Hall–Kier alpha value is -2.33. The lowest BCUT2D eigenvalue weighted by Gasteiger charge is -2.36. The summed E-state index contributed by atoms with van der Waals surface area (Å²) in [5.41, 5.74) is 5.28. The Balaban J connectivity index is 1.82. The van der Waals surface area contributed by atoms with Crippen LogP contribution in [-0.2, 0) is 17.8 Å². The van der Waals surface area contributed by atoms with Crippen LogP contribution in [0.25, 0.3) is 0 Å². The van der Waals surface area contributed by atoms with Crippen LogP contribution in [0.5, 0.6) is 0 Å². The van der Waals surface area contributed by atoms with E-state index in [2.05, 4.69) is 77.7 Å². The van der Waals surface area contributed by atoms with Gasteiger partial charge in [-0.15, -0.1) is 0 Å². The Kier molecular flexibility index (Phi) is 6.17. The Morgan fingerprint density at radius 3 is 2.37 bits per heavy atom. The quantitative estimate of drug-likeness (QED) is 0.849. The minimum absolute atomic E-state index is 0.00356. The summed E-state index contributed by atoms with van der Waals surface area (Å²) in [4.78, 5) is 16.8. The maximum absolute atomic E-state index is 12.2. The molecule has 0 fully saturated rings. The van der Waals surface area contributed by atoms with Gasteiger partial charge in [-0.05, 0) is 35.2 Å². The Labute approximate surface area is 163 Å². The molecule has 4 heteroatoms. The molecule has 4 nitrogen and oxygen atoms in total. The summed E-state index contributed by atoms with van der Waals surface area (Å²) in [7, 11) is 4.10. The van der Waals surface area contributed by atoms with Crippen molar-refractivity contribution < 1.29 is 4.79 Å². The van der Waals surface area contributed by atoms with Crippen LogP contribution in [0.1, 0.15) is 36.6 Å². The van der Waals surface area contributed by atoms with Gasteiger partial charge in [0, 0.05) is 45.3 Å². The Morgan fingerprint density at radius 1 is 1.07 bits per heavy atom. The van der Waals surface area contributed by atoms with E-state index in [0.717, 1.165) is 19.5 Å². The fraction of sp³-hybridized carbons (Fsp3) is 0.435. The van der Waals surface area contributed by atoms with Gasteiger partial charge >= 0.3 is 0 Å². The molecule has 144 valence electrons. The Morgan fingerprint density at radius 2 is 1.74 bits per heavy atom. The Bertz CT molecular complexity index is 767. The lowest BCUT2D eigenvalue weighted by atomic mass is 9.96. The van der Waals surface area contributed by atoms with Gasteiger partial charge in [-0.3, -0.25) is 9.69 Å². The van der Waals surface area contributed by atoms with Crippen molar-refractivity contribution in [2.45, 2.75) is 32.9 Å². The number of hydrogen-bond acceptors (Lipinski definition) is 3. The van der Waals surface area contributed by atoms with E-state index in [4.69, 9.17) is 0 Å². The molecule has 0 aliphatic carbocycles. The fourth-order valence-corrected chi connectivity index (χ4v) is 3.64. The van der Waals surface area contributed by atoms with Crippen molar-refractivity contribution in [3.05, 3.63) is 65.2 Å². The summed E-state index contributed by atoms with van der Waals surface area (Å²) >= 11 is 0. The highest BCUT2D eigenvalue weighted by molar-refractivity contribution is 5.77. The summed E-state index contributed by atoms with van der Waals surface area (Å²) < 4.78 is 0. The van der Waals surface area contributed by atoms with Gasteiger partial charge in [0.25, 0.3) is 0 Å². The van der Waals surface area contributed by atoms with E-state index in [0.29, 0.717) is 6.54 Å². The van der Waals surface area contributed by atoms with E-state index in [9.17, 15) is 4.79 Å². The first kappa shape index (κ1) is 19.4. The highest BCUT2D eigenvalue weighted by atomic mass is 16.1. The van der Waals surface area contributed by atoms with E-state index in [-0.39, 0.29) is 17.9 Å². The van der Waals surface area contributed by atoms with E-state index in [1.807, 2.05) is 13.8 Å². The predicted molar refractivity (Wildman–Crippen MR) is 112 cm³/mol. The molecule has 0 spiro atoms. The molecule has 2 aromatic carbocycles. The highest BCUT2D eigenvalue weighted by Gasteiger charge is 2.25. The molecule has 0 bridgehead atoms. The van der Waals surface area contributed by atoms with Gasteiger partial charge in [-0.2, -0.15) is 0 Å². The predicted octanol–water partition coefficient (Wildman–Crippen LogP) is 3.62. The lowest BCUT2D eigenvalue weighted by molar-refractivity contribution is -0.124. The molecule has 1 aliphatic heterocycles. The molecule has 1 heterocycles. The van der Waals surface area contributed by atoms with Gasteiger partial charge in [0.1, 0.15) is 0 Å². The van der Waals surface area contributed by atoms with Crippen molar-refractivity contribution in [3.63, 3.8) is 0 Å². The van der Waals surface area contributed by atoms with Gasteiger partial charge in [0.15, 0.2) is 0 Å². The number of rotatable bonds is 6. The number of carbonyl (C=O) groups is 1. The minimum atomic E-state index is 0.00356. The molecule has 1 atom stereocenters. The molecule has 0 radical (unpaired) electrons. The summed E-state index contributed by atoms with van der Waals surface area (Å²) in [6.07, 6.45) is 1.06. The topological polar surface area (TPSA) is 35.6 Å². The maximum atomic E-state index is 12.2. The second-order valence-electron chi connectivity index (χ2n) is 7.89. The van der Waals surface area contributed by atoms with Crippen molar-refractivity contribution in [1.82, 2.24) is 10.2 Å². The van der Waals surface area contributed by atoms with Crippen molar-refractivity contribution in [1.29, 1.82) is 0 Å². The molecule has 1 N–H and O–H groups in total. The highest BCUT2D eigenvalue weighted by Crippen LogP contribution is 2.28. The molecular weight excluding hydrogens is 334 g/mol. The maximum Gasteiger partial charge on any atom is 0.222 e. The number of nitrogens with zero attached hydrogens (tertiary/aromatic N) is 2.